The second kappa shape index (κ2) is 6.35. The van der Waals surface area contributed by atoms with Gasteiger partial charge in [-0.2, -0.15) is 0 Å². The van der Waals surface area contributed by atoms with Gasteiger partial charge in [0.05, 0.1) is 6.26 Å². The van der Waals surface area contributed by atoms with Gasteiger partial charge in [-0.05, 0) is 32.3 Å². The quantitative estimate of drug-likeness (QED) is 0.276. The molecule has 0 bridgehead atoms. The number of hydrogen-bond acceptors (Lipinski definition) is 2. The van der Waals surface area contributed by atoms with Crippen LogP contribution in [0.15, 0.2) is 108 Å². The van der Waals surface area contributed by atoms with E-state index in [1.54, 1.807) is 6.26 Å². The van der Waals surface area contributed by atoms with Crippen LogP contribution in [0.4, 0.5) is 0 Å². The summed E-state index contributed by atoms with van der Waals surface area (Å²) in [6.45, 7) is 0. The number of aromatic hydroxyl groups is 1. The van der Waals surface area contributed by atoms with Gasteiger partial charge < -0.3 is 9.52 Å². The third kappa shape index (κ3) is 2.19. The first kappa shape index (κ1) is 17.4. The zero-order chi connectivity index (χ0) is 21.2. The van der Waals surface area contributed by atoms with Crippen molar-refractivity contribution in [2.24, 2.45) is 0 Å². The van der Waals surface area contributed by atoms with Crippen LogP contribution in [0.3, 0.4) is 0 Å². The lowest BCUT2D eigenvalue weighted by Crippen LogP contribution is -1.87. The molecule has 0 aliphatic heterocycles. The van der Waals surface area contributed by atoms with Crippen molar-refractivity contribution in [3.63, 3.8) is 0 Å². The van der Waals surface area contributed by atoms with Crippen LogP contribution in [-0.4, -0.2) is 5.11 Å². The Bertz CT molecular complexity index is 1840. The van der Waals surface area contributed by atoms with E-state index in [4.69, 9.17) is 4.42 Å². The fourth-order valence-electron chi connectivity index (χ4n) is 5.25. The maximum atomic E-state index is 11.5. The van der Waals surface area contributed by atoms with E-state index in [2.05, 4.69) is 60.7 Å². The highest BCUT2D eigenvalue weighted by Gasteiger charge is 2.21. The predicted octanol–water partition coefficient (Wildman–Crippen LogP) is 8.42. The third-order valence-corrected chi connectivity index (χ3v) is 6.62. The van der Waals surface area contributed by atoms with E-state index in [-0.39, 0.29) is 0 Å². The van der Waals surface area contributed by atoms with Gasteiger partial charge in [-0.25, -0.2) is 0 Å². The smallest absolute Gasteiger partial charge is 0.142 e. The minimum Gasteiger partial charge on any atom is -0.507 e. The van der Waals surface area contributed by atoms with E-state index in [9.17, 15) is 5.11 Å². The molecule has 0 amide bonds. The van der Waals surface area contributed by atoms with Gasteiger partial charge in [0.25, 0.3) is 0 Å². The second-order valence-electron chi connectivity index (χ2n) is 8.26. The molecule has 7 rings (SSSR count). The third-order valence-electron chi connectivity index (χ3n) is 6.62. The highest BCUT2D eigenvalue weighted by Crippen LogP contribution is 2.48. The van der Waals surface area contributed by atoms with Crippen LogP contribution in [0.25, 0.3) is 65.2 Å². The highest BCUT2D eigenvalue weighted by molar-refractivity contribution is 6.29. The summed E-state index contributed by atoms with van der Waals surface area (Å²) >= 11 is 0. The molecule has 6 aromatic carbocycles. The fraction of sp³-hybridized carbons (Fsp3) is 0. The van der Waals surface area contributed by atoms with Crippen LogP contribution < -0.4 is 0 Å². The summed E-state index contributed by atoms with van der Waals surface area (Å²) in [5, 5.41) is 21.2. The molecular weight excluding hydrogens is 392 g/mol. The molecule has 0 spiro atoms. The molecule has 1 aromatic heterocycles. The topological polar surface area (TPSA) is 33.4 Å². The van der Waals surface area contributed by atoms with Crippen LogP contribution in [0.1, 0.15) is 0 Å². The van der Waals surface area contributed by atoms with Gasteiger partial charge in [0.1, 0.15) is 11.3 Å². The molecule has 0 aliphatic carbocycles. The normalized spacial score (nSPS) is 11.9. The molecule has 0 fully saturated rings. The maximum absolute atomic E-state index is 11.5. The van der Waals surface area contributed by atoms with Crippen molar-refractivity contribution in [2.45, 2.75) is 0 Å². The first-order valence-electron chi connectivity index (χ1n) is 10.8. The molecule has 0 saturated heterocycles. The fourth-order valence-corrected chi connectivity index (χ4v) is 5.25. The van der Waals surface area contributed by atoms with Gasteiger partial charge in [0, 0.05) is 27.3 Å². The van der Waals surface area contributed by atoms with Gasteiger partial charge in [-0.3, -0.25) is 0 Å². The summed E-state index contributed by atoms with van der Waals surface area (Å²) in [7, 11) is 0. The van der Waals surface area contributed by atoms with Crippen molar-refractivity contribution in [3.05, 3.63) is 103 Å². The van der Waals surface area contributed by atoms with Crippen LogP contribution in [0.2, 0.25) is 0 Å². The molecule has 1 N–H and O–H groups in total. The Morgan fingerprint density at radius 2 is 0.906 bits per heavy atom. The van der Waals surface area contributed by atoms with E-state index >= 15 is 0 Å². The Hall–Kier alpha value is -4.30. The number of hydrogen-bond donors (Lipinski definition) is 1. The lowest BCUT2D eigenvalue weighted by molar-refractivity contribution is 0.484. The minimum absolute atomic E-state index is 0.291. The molecule has 0 saturated carbocycles. The van der Waals surface area contributed by atoms with E-state index in [0.717, 1.165) is 54.4 Å². The zero-order valence-electron chi connectivity index (χ0n) is 17.2. The summed E-state index contributed by atoms with van der Waals surface area (Å²) in [6.07, 6.45) is 1.81. The Morgan fingerprint density at radius 3 is 1.56 bits per heavy atom. The van der Waals surface area contributed by atoms with E-state index < -0.39 is 0 Å². The molecule has 2 nitrogen and oxygen atoms in total. The van der Waals surface area contributed by atoms with Crippen molar-refractivity contribution < 1.29 is 9.52 Å². The van der Waals surface area contributed by atoms with Gasteiger partial charge in [0.15, 0.2) is 0 Å². The summed E-state index contributed by atoms with van der Waals surface area (Å²) in [6, 6.07) is 33.1. The Kier molecular flexibility index (Phi) is 3.45. The van der Waals surface area contributed by atoms with Crippen molar-refractivity contribution in [1.82, 2.24) is 0 Å². The average molecular weight is 410 g/mol. The van der Waals surface area contributed by atoms with Crippen LogP contribution in [-0.2, 0) is 0 Å². The lowest BCUT2D eigenvalue weighted by atomic mass is 9.89. The van der Waals surface area contributed by atoms with E-state index in [1.165, 1.54) is 10.8 Å². The molecule has 0 unspecified atom stereocenters. The minimum atomic E-state index is 0.291. The molecule has 0 radical (unpaired) electrons. The number of phenolic OH excluding ortho intramolecular Hbond substituents is 1. The lowest BCUT2D eigenvalue weighted by Gasteiger charge is -2.14. The SMILES string of the molecule is Oc1c(-c2coc3c4ccccc4c4ccccc4c23)c2ccccc2c2ccccc12. The highest BCUT2D eigenvalue weighted by atomic mass is 16.3. The molecule has 32 heavy (non-hydrogen) atoms. The number of benzene rings is 6. The standard InChI is InChI=1S/C30H18O2/c31-29-24-15-7-3-11-20(24)18-9-1-5-13-22(18)27(29)26-17-32-30-25-16-8-4-12-21(25)19-10-2-6-14-23(19)28(26)30/h1-17,31H. The van der Waals surface area contributed by atoms with Gasteiger partial charge >= 0.3 is 0 Å². The number of phenols is 1. The Morgan fingerprint density at radius 1 is 0.469 bits per heavy atom. The zero-order valence-corrected chi connectivity index (χ0v) is 17.2. The predicted molar refractivity (Wildman–Crippen MR) is 133 cm³/mol. The Balaban J connectivity index is 1.74. The van der Waals surface area contributed by atoms with Crippen molar-refractivity contribution in [2.75, 3.05) is 0 Å². The van der Waals surface area contributed by atoms with Crippen molar-refractivity contribution in [1.29, 1.82) is 0 Å². The second-order valence-corrected chi connectivity index (χ2v) is 8.26. The number of furan rings is 1. The molecule has 7 aromatic rings. The summed E-state index contributed by atoms with van der Waals surface area (Å²) < 4.78 is 6.23. The molecule has 2 heteroatoms. The average Bonchev–Trinajstić information content (AvgIpc) is 3.30. The number of rotatable bonds is 1. The molecule has 0 aliphatic rings. The Labute approximate surface area is 183 Å². The van der Waals surface area contributed by atoms with E-state index in [1.807, 2.05) is 36.4 Å². The van der Waals surface area contributed by atoms with Gasteiger partial charge in [0.2, 0.25) is 0 Å². The maximum Gasteiger partial charge on any atom is 0.142 e. The number of fused-ring (bicyclic) bond motifs is 9. The summed E-state index contributed by atoms with van der Waals surface area (Å²) in [5.74, 6) is 0.291. The summed E-state index contributed by atoms with van der Waals surface area (Å²) in [4.78, 5) is 0. The van der Waals surface area contributed by atoms with E-state index in [0.29, 0.717) is 5.75 Å². The van der Waals surface area contributed by atoms with Crippen molar-refractivity contribution in [3.8, 4) is 16.9 Å². The largest absolute Gasteiger partial charge is 0.507 e. The first-order chi connectivity index (χ1) is 15.8. The van der Waals surface area contributed by atoms with Crippen LogP contribution in [0.5, 0.6) is 5.75 Å². The monoisotopic (exact) mass is 410 g/mol. The molecule has 0 atom stereocenters. The van der Waals surface area contributed by atoms with Gasteiger partial charge in [-0.15, -0.1) is 0 Å². The van der Waals surface area contributed by atoms with Crippen molar-refractivity contribution >= 4 is 54.1 Å². The molecular formula is C30H18O2. The molecule has 150 valence electrons. The van der Waals surface area contributed by atoms with Crippen LogP contribution in [0, 0.1) is 0 Å². The first-order valence-corrected chi connectivity index (χ1v) is 10.8. The molecule has 1 heterocycles. The van der Waals surface area contributed by atoms with Gasteiger partial charge in [-0.1, -0.05) is 97.1 Å². The summed E-state index contributed by atoms with van der Waals surface area (Å²) in [5.41, 5.74) is 2.59. The van der Waals surface area contributed by atoms with Crippen LogP contribution >= 0.6 is 0 Å².